The van der Waals surface area contributed by atoms with E-state index in [1.165, 1.54) is 54.7 Å². The van der Waals surface area contributed by atoms with E-state index in [0.717, 1.165) is 28.7 Å². The highest BCUT2D eigenvalue weighted by Gasteiger charge is 2.24. The Kier molecular flexibility index (Phi) is 3.75. The summed E-state index contributed by atoms with van der Waals surface area (Å²) in [5.41, 5.74) is 10.6. The Morgan fingerprint density at radius 1 is 0.579 bits per heavy atom. The van der Waals surface area contributed by atoms with Crippen LogP contribution < -0.4 is 0 Å². The van der Waals surface area contributed by atoms with Crippen molar-refractivity contribution in [3.05, 3.63) is 114 Å². The summed E-state index contributed by atoms with van der Waals surface area (Å²) in [6, 6.07) is 36.9. The van der Waals surface area contributed by atoms with E-state index in [-0.39, 0.29) is 0 Å². The molecule has 0 bridgehead atoms. The standard InChI is InChI=1S/C34H22N4/c1-37-27-15-6-4-12-23(27)24-17-18-29-31(33(24)37)25-13-5-7-16-28(25)38(29)34-35-26-14-8-10-21-19-20-9-2-3-11-22(20)32(36-34)30(21)26/h2-18H,19H2,1H3. The van der Waals surface area contributed by atoms with Crippen LogP contribution in [0.5, 0.6) is 0 Å². The second-order valence-corrected chi connectivity index (χ2v) is 10.3. The van der Waals surface area contributed by atoms with Crippen molar-refractivity contribution >= 4 is 54.5 Å². The predicted octanol–water partition coefficient (Wildman–Crippen LogP) is 7.94. The highest BCUT2D eigenvalue weighted by Crippen LogP contribution is 2.42. The summed E-state index contributed by atoms with van der Waals surface area (Å²) < 4.78 is 4.58. The molecule has 178 valence electrons. The van der Waals surface area contributed by atoms with Gasteiger partial charge in [-0.05, 0) is 41.8 Å². The van der Waals surface area contributed by atoms with Crippen molar-refractivity contribution < 1.29 is 0 Å². The summed E-state index contributed by atoms with van der Waals surface area (Å²) in [6.45, 7) is 0. The van der Waals surface area contributed by atoms with Gasteiger partial charge < -0.3 is 4.57 Å². The van der Waals surface area contributed by atoms with Gasteiger partial charge in [-0.3, -0.25) is 4.57 Å². The summed E-state index contributed by atoms with van der Waals surface area (Å²) in [6.07, 6.45) is 0.914. The van der Waals surface area contributed by atoms with E-state index < -0.39 is 0 Å². The summed E-state index contributed by atoms with van der Waals surface area (Å²) in [5.74, 6) is 0.714. The highest BCUT2D eigenvalue weighted by atomic mass is 15.2. The van der Waals surface area contributed by atoms with Crippen LogP contribution >= 0.6 is 0 Å². The molecule has 3 aromatic heterocycles. The third-order valence-electron chi connectivity index (χ3n) is 8.35. The van der Waals surface area contributed by atoms with E-state index in [1.807, 2.05) is 0 Å². The normalized spacial score (nSPS) is 12.8. The number of nitrogens with zero attached hydrogens (tertiary/aromatic N) is 4. The van der Waals surface area contributed by atoms with E-state index in [4.69, 9.17) is 9.97 Å². The molecule has 0 saturated heterocycles. The number of para-hydroxylation sites is 2. The Labute approximate surface area is 218 Å². The molecule has 0 spiro atoms. The zero-order valence-corrected chi connectivity index (χ0v) is 20.8. The van der Waals surface area contributed by atoms with Crippen molar-refractivity contribution in [2.24, 2.45) is 7.05 Å². The first kappa shape index (κ1) is 20.1. The number of benzene rings is 5. The SMILES string of the molecule is Cn1c2ccccc2c2ccc3c(c4ccccc4n3-c3nc4c5c(cccc5n3)Cc3ccccc3-4)c21. The Morgan fingerprint density at radius 2 is 1.34 bits per heavy atom. The molecule has 3 heterocycles. The molecule has 4 nitrogen and oxygen atoms in total. The third-order valence-corrected chi connectivity index (χ3v) is 8.35. The monoisotopic (exact) mass is 486 g/mol. The first-order chi connectivity index (χ1) is 18.8. The van der Waals surface area contributed by atoms with Gasteiger partial charge >= 0.3 is 0 Å². The molecule has 4 heteroatoms. The number of fused-ring (bicyclic) bond motifs is 9. The van der Waals surface area contributed by atoms with Crippen LogP contribution in [0.2, 0.25) is 0 Å². The average Bonchev–Trinajstić information content (AvgIpc) is 3.45. The lowest BCUT2D eigenvalue weighted by molar-refractivity contribution is 1.00. The molecule has 0 amide bonds. The van der Waals surface area contributed by atoms with E-state index in [1.54, 1.807) is 0 Å². The van der Waals surface area contributed by atoms with E-state index in [2.05, 4.69) is 119 Å². The molecule has 1 aliphatic carbocycles. The second kappa shape index (κ2) is 7.08. The Hall–Kier alpha value is -4.96. The quantitative estimate of drug-likeness (QED) is 0.236. The number of hydrogen-bond donors (Lipinski definition) is 0. The van der Waals surface area contributed by atoms with Gasteiger partial charge in [0.1, 0.15) is 0 Å². The van der Waals surface area contributed by atoms with Crippen LogP contribution in [0.4, 0.5) is 0 Å². The van der Waals surface area contributed by atoms with Crippen LogP contribution in [0.3, 0.4) is 0 Å². The molecule has 0 fully saturated rings. The summed E-state index contributed by atoms with van der Waals surface area (Å²) in [5, 5.41) is 6.17. The smallest absolute Gasteiger partial charge is 0.235 e. The van der Waals surface area contributed by atoms with Crippen molar-refractivity contribution in [1.29, 1.82) is 0 Å². The van der Waals surface area contributed by atoms with Gasteiger partial charge in [0.05, 0.1) is 27.8 Å². The van der Waals surface area contributed by atoms with Crippen molar-refractivity contribution in [1.82, 2.24) is 19.1 Å². The van der Waals surface area contributed by atoms with Gasteiger partial charge in [0.2, 0.25) is 5.95 Å². The highest BCUT2D eigenvalue weighted by molar-refractivity contribution is 6.25. The van der Waals surface area contributed by atoms with Gasteiger partial charge in [-0.1, -0.05) is 78.9 Å². The van der Waals surface area contributed by atoms with Gasteiger partial charge in [0.15, 0.2) is 0 Å². The maximum absolute atomic E-state index is 5.31. The van der Waals surface area contributed by atoms with Crippen molar-refractivity contribution in [2.45, 2.75) is 6.42 Å². The number of aryl methyl sites for hydroxylation is 1. The lowest BCUT2D eigenvalue weighted by atomic mass is 9.88. The van der Waals surface area contributed by atoms with Gasteiger partial charge in [0.25, 0.3) is 0 Å². The number of hydrogen-bond acceptors (Lipinski definition) is 2. The molecule has 1 aliphatic rings. The van der Waals surface area contributed by atoms with E-state index >= 15 is 0 Å². The largest absolute Gasteiger partial charge is 0.343 e. The number of aromatic nitrogens is 4. The first-order valence-electron chi connectivity index (χ1n) is 13.1. The molecular weight excluding hydrogens is 464 g/mol. The first-order valence-corrected chi connectivity index (χ1v) is 13.1. The van der Waals surface area contributed by atoms with Crippen LogP contribution in [0.15, 0.2) is 103 Å². The van der Waals surface area contributed by atoms with Crippen LogP contribution in [-0.2, 0) is 13.5 Å². The second-order valence-electron chi connectivity index (χ2n) is 10.3. The predicted molar refractivity (Wildman–Crippen MR) is 156 cm³/mol. The van der Waals surface area contributed by atoms with Crippen molar-refractivity contribution in [2.75, 3.05) is 0 Å². The lowest BCUT2D eigenvalue weighted by Gasteiger charge is -2.20. The molecule has 0 atom stereocenters. The van der Waals surface area contributed by atoms with Crippen LogP contribution in [0.1, 0.15) is 11.1 Å². The molecule has 0 radical (unpaired) electrons. The Bertz CT molecular complexity index is 2280. The molecular formula is C34H22N4. The molecule has 0 unspecified atom stereocenters. The summed E-state index contributed by atoms with van der Waals surface area (Å²) in [7, 11) is 2.17. The van der Waals surface area contributed by atoms with Crippen molar-refractivity contribution in [3.8, 4) is 17.2 Å². The molecule has 5 aromatic carbocycles. The fourth-order valence-corrected chi connectivity index (χ4v) is 6.73. The molecule has 8 aromatic rings. The minimum Gasteiger partial charge on any atom is -0.343 e. The maximum atomic E-state index is 5.31. The molecule has 0 aliphatic heterocycles. The van der Waals surface area contributed by atoms with Gasteiger partial charge in [0, 0.05) is 45.1 Å². The fourth-order valence-electron chi connectivity index (χ4n) is 6.73. The summed E-state index contributed by atoms with van der Waals surface area (Å²) >= 11 is 0. The number of rotatable bonds is 1. The molecule has 0 saturated carbocycles. The average molecular weight is 487 g/mol. The third kappa shape index (κ3) is 2.44. The molecule has 0 N–H and O–H groups in total. The van der Waals surface area contributed by atoms with Crippen LogP contribution in [0, 0.1) is 0 Å². The van der Waals surface area contributed by atoms with Gasteiger partial charge in [-0.2, -0.15) is 0 Å². The topological polar surface area (TPSA) is 35.6 Å². The Morgan fingerprint density at radius 3 is 2.26 bits per heavy atom. The maximum Gasteiger partial charge on any atom is 0.235 e. The Balaban J connectivity index is 1.46. The van der Waals surface area contributed by atoms with Crippen LogP contribution in [-0.4, -0.2) is 19.1 Å². The van der Waals surface area contributed by atoms with Crippen LogP contribution in [0.25, 0.3) is 71.7 Å². The van der Waals surface area contributed by atoms with Crippen molar-refractivity contribution in [3.63, 3.8) is 0 Å². The minimum atomic E-state index is 0.714. The van der Waals surface area contributed by atoms with Gasteiger partial charge in [-0.25, -0.2) is 9.97 Å². The zero-order chi connectivity index (χ0) is 25.0. The van der Waals surface area contributed by atoms with Gasteiger partial charge in [-0.15, -0.1) is 0 Å². The fraction of sp³-hybridized carbons (Fsp3) is 0.0588. The van der Waals surface area contributed by atoms with E-state index in [0.29, 0.717) is 5.95 Å². The zero-order valence-electron chi connectivity index (χ0n) is 20.8. The lowest BCUT2D eigenvalue weighted by Crippen LogP contribution is -2.08. The van der Waals surface area contributed by atoms with E-state index in [9.17, 15) is 0 Å². The molecule has 38 heavy (non-hydrogen) atoms. The summed E-state index contributed by atoms with van der Waals surface area (Å²) in [4.78, 5) is 10.5. The molecule has 9 rings (SSSR count). The minimum absolute atomic E-state index is 0.714.